The molecule has 1 amide bonds. The molecule has 3 N–H and O–H groups in total. The predicted molar refractivity (Wildman–Crippen MR) is 87.6 cm³/mol. The molecule has 1 heterocycles. The summed E-state index contributed by atoms with van der Waals surface area (Å²) in [4.78, 5) is 11.4. The van der Waals surface area contributed by atoms with Crippen LogP contribution in [-0.2, 0) is 6.61 Å². The Kier molecular flexibility index (Phi) is 4.60. The fourth-order valence-electron chi connectivity index (χ4n) is 2.31. The standard InChI is InChI=1S/C17H15FN4O3/c1-24-14-8-10(15-16(17(19)23)21-22-20-15)6-7-13(14)25-9-11-4-2-3-5-12(11)18/h2-8H,9H2,1H3,(H2,19,23)(H,20,21,22). The van der Waals surface area contributed by atoms with Crippen molar-refractivity contribution in [1.82, 2.24) is 15.4 Å². The van der Waals surface area contributed by atoms with E-state index in [1.54, 1.807) is 36.4 Å². The lowest BCUT2D eigenvalue weighted by Crippen LogP contribution is -2.12. The molecule has 3 rings (SSSR count). The van der Waals surface area contributed by atoms with Gasteiger partial charge in [-0.05, 0) is 24.3 Å². The number of H-pyrrole nitrogens is 1. The number of methoxy groups -OCH3 is 1. The molecule has 8 heteroatoms. The fraction of sp³-hybridized carbons (Fsp3) is 0.118. The van der Waals surface area contributed by atoms with Crippen molar-refractivity contribution in [3.05, 3.63) is 59.5 Å². The molecule has 0 bridgehead atoms. The van der Waals surface area contributed by atoms with Gasteiger partial charge < -0.3 is 15.2 Å². The summed E-state index contributed by atoms with van der Waals surface area (Å²) in [5.74, 6) is -0.194. The Morgan fingerprint density at radius 3 is 2.72 bits per heavy atom. The zero-order valence-corrected chi connectivity index (χ0v) is 13.3. The van der Waals surface area contributed by atoms with Gasteiger partial charge in [0, 0.05) is 11.1 Å². The molecule has 7 nitrogen and oxygen atoms in total. The number of nitrogens with one attached hydrogen (secondary N) is 1. The number of rotatable bonds is 6. The topological polar surface area (TPSA) is 103 Å². The molecule has 0 aliphatic carbocycles. The first-order valence-corrected chi connectivity index (χ1v) is 7.35. The van der Waals surface area contributed by atoms with Gasteiger partial charge in [0.15, 0.2) is 17.2 Å². The van der Waals surface area contributed by atoms with Crippen molar-refractivity contribution < 1.29 is 18.7 Å². The summed E-state index contributed by atoms with van der Waals surface area (Å²) in [6.07, 6.45) is 0. The lowest BCUT2D eigenvalue weighted by atomic mass is 10.1. The van der Waals surface area contributed by atoms with Gasteiger partial charge in [0.25, 0.3) is 5.91 Å². The number of hydrogen-bond donors (Lipinski definition) is 2. The first kappa shape index (κ1) is 16.4. The minimum Gasteiger partial charge on any atom is -0.493 e. The van der Waals surface area contributed by atoms with E-state index in [9.17, 15) is 9.18 Å². The number of carbonyl (C=O) groups excluding carboxylic acids is 1. The van der Waals surface area contributed by atoms with E-state index in [0.29, 0.717) is 28.3 Å². The van der Waals surface area contributed by atoms with Crippen molar-refractivity contribution in [2.45, 2.75) is 6.61 Å². The molecular weight excluding hydrogens is 327 g/mol. The Morgan fingerprint density at radius 1 is 1.20 bits per heavy atom. The Bertz CT molecular complexity index is 910. The fourth-order valence-corrected chi connectivity index (χ4v) is 2.31. The maximum atomic E-state index is 13.7. The third-order valence-corrected chi connectivity index (χ3v) is 3.56. The predicted octanol–water partition coefficient (Wildman–Crippen LogP) is 2.30. The minimum atomic E-state index is -0.692. The van der Waals surface area contributed by atoms with Crippen LogP contribution in [0.15, 0.2) is 42.5 Å². The number of primary amides is 1. The molecular formula is C17H15FN4O3. The quantitative estimate of drug-likeness (QED) is 0.715. The molecule has 1 aromatic heterocycles. The van der Waals surface area contributed by atoms with E-state index in [4.69, 9.17) is 15.2 Å². The van der Waals surface area contributed by atoms with Crippen LogP contribution in [0.1, 0.15) is 16.1 Å². The third-order valence-electron chi connectivity index (χ3n) is 3.56. The summed E-state index contributed by atoms with van der Waals surface area (Å²) >= 11 is 0. The summed E-state index contributed by atoms with van der Waals surface area (Å²) in [5, 5.41) is 10.0. The molecule has 0 unspecified atom stereocenters. The molecule has 0 atom stereocenters. The normalized spacial score (nSPS) is 10.5. The van der Waals surface area contributed by atoms with Gasteiger partial charge in [0.05, 0.1) is 7.11 Å². The average molecular weight is 342 g/mol. The van der Waals surface area contributed by atoms with E-state index in [0.717, 1.165) is 0 Å². The number of amides is 1. The molecule has 2 aromatic carbocycles. The smallest absolute Gasteiger partial charge is 0.271 e. The van der Waals surface area contributed by atoms with Crippen LogP contribution in [0.2, 0.25) is 0 Å². The summed E-state index contributed by atoms with van der Waals surface area (Å²) in [7, 11) is 1.48. The van der Waals surface area contributed by atoms with E-state index in [2.05, 4.69) is 15.4 Å². The molecule has 0 radical (unpaired) electrons. The molecule has 0 aliphatic rings. The zero-order valence-electron chi connectivity index (χ0n) is 13.3. The van der Waals surface area contributed by atoms with Crippen molar-refractivity contribution in [2.24, 2.45) is 5.73 Å². The van der Waals surface area contributed by atoms with E-state index in [1.807, 2.05) is 0 Å². The lowest BCUT2D eigenvalue weighted by Gasteiger charge is -2.12. The summed E-state index contributed by atoms with van der Waals surface area (Å²) in [6.45, 7) is 0.0544. The van der Waals surface area contributed by atoms with Gasteiger partial charge in [-0.2, -0.15) is 15.4 Å². The van der Waals surface area contributed by atoms with Crippen LogP contribution < -0.4 is 15.2 Å². The Hall–Kier alpha value is -3.42. The molecule has 25 heavy (non-hydrogen) atoms. The van der Waals surface area contributed by atoms with Crippen LogP contribution in [0.3, 0.4) is 0 Å². The molecule has 0 fully saturated rings. The average Bonchev–Trinajstić information content (AvgIpc) is 3.11. The van der Waals surface area contributed by atoms with Crippen molar-refractivity contribution in [3.63, 3.8) is 0 Å². The van der Waals surface area contributed by atoms with Gasteiger partial charge >= 0.3 is 0 Å². The SMILES string of the molecule is COc1cc(-c2n[nH]nc2C(N)=O)ccc1OCc1ccccc1F. The number of hydrogen-bond acceptors (Lipinski definition) is 5. The highest BCUT2D eigenvalue weighted by molar-refractivity contribution is 5.96. The highest BCUT2D eigenvalue weighted by Gasteiger charge is 2.17. The zero-order chi connectivity index (χ0) is 17.8. The Labute approximate surface area is 142 Å². The maximum absolute atomic E-state index is 13.7. The Balaban J connectivity index is 1.86. The third kappa shape index (κ3) is 3.42. The molecule has 0 aliphatic heterocycles. The Morgan fingerprint density at radius 2 is 2.00 bits per heavy atom. The summed E-state index contributed by atoms with van der Waals surface area (Å²) in [6, 6.07) is 11.3. The van der Waals surface area contributed by atoms with E-state index < -0.39 is 5.91 Å². The van der Waals surface area contributed by atoms with Gasteiger partial charge in [0.2, 0.25) is 0 Å². The van der Waals surface area contributed by atoms with Gasteiger partial charge in [-0.25, -0.2) is 4.39 Å². The van der Waals surface area contributed by atoms with E-state index in [-0.39, 0.29) is 18.1 Å². The van der Waals surface area contributed by atoms with E-state index in [1.165, 1.54) is 13.2 Å². The molecule has 3 aromatic rings. The van der Waals surface area contributed by atoms with Crippen LogP contribution in [0.4, 0.5) is 4.39 Å². The van der Waals surface area contributed by atoms with Crippen molar-refractivity contribution in [1.29, 1.82) is 0 Å². The number of halogens is 1. The second kappa shape index (κ2) is 7.00. The van der Waals surface area contributed by atoms with Crippen LogP contribution >= 0.6 is 0 Å². The van der Waals surface area contributed by atoms with Crippen LogP contribution in [-0.4, -0.2) is 28.4 Å². The van der Waals surface area contributed by atoms with Crippen LogP contribution in [0.25, 0.3) is 11.3 Å². The monoisotopic (exact) mass is 342 g/mol. The largest absolute Gasteiger partial charge is 0.493 e. The number of nitrogens with zero attached hydrogens (tertiary/aromatic N) is 2. The summed E-state index contributed by atoms with van der Waals surface area (Å²) < 4.78 is 24.6. The molecule has 0 spiro atoms. The van der Waals surface area contributed by atoms with Gasteiger partial charge in [-0.15, -0.1) is 0 Å². The van der Waals surface area contributed by atoms with Crippen LogP contribution in [0, 0.1) is 5.82 Å². The number of aromatic amines is 1. The van der Waals surface area contributed by atoms with Gasteiger partial charge in [-0.3, -0.25) is 4.79 Å². The molecule has 0 saturated carbocycles. The highest BCUT2D eigenvalue weighted by atomic mass is 19.1. The van der Waals surface area contributed by atoms with Crippen molar-refractivity contribution in [3.8, 4) is 22.8 Å². The molecule has 0 saturated heterocycles. The van der Waals surface area contributed by atoms with Crippen LogP contribution in [0.5, 0.6) is 11.5 Å². The first-order valence-electron chi connectivity index (χ1n) is 7.35. The summed E-state index contributed by atoms with van der Waals surface area (Å²) in [5.41, 5.74) is 6.62. The molecule has 128 valence electrons. The van der Waals surface area contributed by atoms with Gasteiger partial charge in [-0.1, -0.05) is 18.2 Å². The first-order chi connectivity index (χ1) is 12.1. The lowest BCUT2D eigenvalue weighted by molar-refractivity contribution is 0.0996. The van der Waals surface area contributed by atoms with Crippen molar-refractivity contribution in [2.75, 3.05) is 7.11 Å². The second-order valence-electron chi connectivity index (χ2n) is 5.13. The second-order valence-corrected chi connectivity index (χ2v) is 5.13. The number of ether oxygens (including phenoxy) is 2. The number of nitrogens with two attached hydrogens (primary N) is 1. The number of aromatic nitrogens is 3. The number of benzene rings is 2. The minimum absolute atomic E-state index is 0.0297. The van der Waals surface area contributed by atoms with E-state index >= 15 is 0 Å². The highest BCUT2D eigenvalue weighted by Crippen LogP contribution is 2.33. The van der Waals surface area contributed by atoms with Crippen molar-refractivity contribution >= 4 is 5.91 Å². The maximum Gasteiger partial charge on any atom is 0.271 e. The van der Waals surface area contributed by atoms with Gasteiger partial charge in [0.1, 0.15) is 18.1 Å². The number of carbonyl (C=O) groups is 1.